The molecule has 5 nitrogen and oxygen atoms in total. The van der Waals surface area contributed by atoms with Crippen molar-refractivity contribution in [1.82, 2.24) is 20.0 Å². The van der Waals surface area contributed by atoms with Gasteiger partial charge in [0.25, 0.3) is 0 Å². The summed E-state index contributed by atoms with van der Waals surface area (Å²) in [4.78, 5) is 5.62. The second-order valence-corrected chi connectivity index (χ2v) is 3.97. The first-order chi connectivity index (χ1) is 7.61. The smallest absolute Gasteiger partial charge is 0.196 e. The van der Waals surface area contributed by atoms with Gasteiger partial charge in [0, 0.05) is 5.92 Å². The Balaban J connectivity index is 0.000000160. The summed E-state index contributed by atoms with van der Waals surface area (Å²) in [6, 6.07) is 0.380. The summed E-state index contributed by atoms with van der Waals surface area (Å²) in [5.74, 6) is 1.22. The molecule has 0 aromatic carbocycles. The van der Waals surface area contributed by atoms with Gasteiger partial charge in [0.05, 0.1) is 24.6 Å². The lowest BCUT2D eigenvalue weighted by atomic mass is 10.2. The highest BCUT2D eigenvalue weighted by Crippen LogP contribution is 2.09. The Hall–Kier alpha value is -1.65. The third kappa shape index (κ3) is 3.84. The first-order valence-corrected chi connectivity index (χ1v) is 5.36. The quantitative estimate of drug-likeness (QED) is 0.783. The molecule has 0 fully saturated rings. The molecule has 0 unspecified atom stereocenters. The van der Waals surface area contributed by atoms with Crippen molar-refractivity contribution in [3.05, 3.63) is 30.7 Å². The maximum atomic E-state index is 4.98. The van der Waals surface area contributed by atoms with Crippen LogP contribution in [0.3, 0.4) is 0 Å². The molecule has 0 bridgehead atoms. The molecule has 0 aliphatic rings. The molecule has 16 heavy (non-hydrogen) atoms. The molecule has 0 atom stereocenters. The van der Waals surface area contributed by atoms with Crippen LogP contribution in [0.4, 0.5) is 0 Å². The first kappa shape index (κ1) is 12.4. The van der Waals surface area contributed by atoms with Crippen molar-refractivity contribution in [2.45, 2.75) is 39.7 Å². The minimum absolute atomic E-state index is 0.380. The third-order valence-corrected chi connectivity index (χ3v) is 1.84. The fraction of sp³-hybridized carbons (Fsp3) is 0.545. The fourth-order valence-corrected chi connectivity index (χ4v) is 1.01. The van der Waals surface area contributed by atoms with Gasteiger partial charge < -0.3 is 4.42 Å². The van der Waals surface area contributed by atoms with Gasteiger partial charge in [0.2, 0.25) is 0 Å². The van der Waals surface area contributed by atoms with E-state index in [0.29, 0.717) is 12.0 Å². The molecule has 0 aliphatic heterocycles. The molecule has 88 valence electrons. The average molecular weight is 222 g/mol. The summed E-state index contributed by atoms with van der Waals surface area (Å²) >= 11 is 0. The number of rotatable bonds is 2. The molecule has 2 aromatic heterocycles. The van der Waals surface area contributed by atoms with Gasteiger partial charge in [-0.05, 0) is 13.8 Å². The van der Waals surface area contributed by atoms with Gasteiger partial charge in [0.15, 0.2) is 5.89 Å². The number of oxazole rings is 1. The van der Waals surface area contributed by atoms with Crippen molar-refractivity contribution in [2.75, 3.05) is 0 Å². The van der Waals surface area contributed by atoms with Crippen LogP contribution in [0.15, 0.2) is 29.3 Å². The van der Waals surface area contributed by atoms with Crippen LogP contribution in [0.2, 0.25) is 0 Å². The summed E-state index contributed by atoms with van der Waals surface area (Å²) in [5, 5.41) is 7.84. The molecule has 2 rings (SSSR count). The molecule has 0 amide bonds. The second kappa shape index (κ2) is 6.05. The first-order valence-electron chi connectivity index (χ1n) is 5.36. The lowest BCUT2D eigenvalue weighted by Gasteiger charge is -1.99. The monoisotopic (exact) mass is 222 g/mol. The van der Waals surface area contributed by atoms with Crippen LogP contribution >= 0.6 is 0 Å². The van der Waals surface area contributed by atoms with Crippen LogP contribution in [-0.4, -0.2) is 20.0 Å². The van der Waals surface area contributed by atoms with Crippen molar-refractivity contribution in [2.24, 2.45) is 0 Å². The molecule has 0 radical (unpaired) electrons. The van der Waals surface area contributed by atoms with E-state index >= 15 is 0 Å². The summed E-state index contributed by atoms with van der Waals surface area (Å²) in [5.41, 5.74) is 0. The summed E-state index contributed by atoms with van der Waals surface area (Å²) < 4.78 is 4.98. The molecule has 0 aliphatic carbocycles. The summed E-state index contributed by atoms with van der Waals surface area (Å²) in [6.45, 7) is 8.18. The van der Waals surface area contributed by atoms with Gasteiger partial charge in [-0.15, -0.1) is 0 Å². The zero-order valence-electron chi connectivity index (χ0n) is 10.2. The van der Waals surface area contributed by atoms with E-state index in [1.54, 1.807) is 29.7 Å². The van der Waals surface area contributed by atoms with Crippen LogP contribution in [0, 0.1) is 0 Å². The predicted octanol–water partition coefficient (Wildman–Crippen LogP) is 2.66. The topological polar surface area (TPSA) is 56.7 Å². The normalized spacial score (nSPS) is 10.4. The average Bonchev–Trinajstić information content (AvgIpc) is 2.93. The minimum Gasteiger partial charge on any atom is -0.449 e. The lowest BCUT2D eigenvalue weighted by molar-refractivity contribution is 0.466. The molecule has 0 spiro atoms. The Kier molecular flexibility index (Phi) is 4.69. The molecule has 2 heterocycles. The van der Waals surface area contributed by atoms with Crippen molar-refractivity contribution < 1.29 is 4.42 Å². The Morgan fingerprint density at radius 2 is 1.69 bits per heavy atom. The zero-order valence-corrected chi connectivity index (χ0v) is 10.2. The highest BCUT2D eigenvalue weighted by Gasteiger charge is 2.00. The molecule has 0 saturated carbocycles. The maximum absolute atomic E-state index is 4.98. The molecule has 0 N–H and O–H groups in total. The number of hydrogen-bond acceptors (Lipinski definition) is 4. The predicted molar refractivity (Wildman–Crippen MR) is 61.0 cm³/mol. The van der Waals surface area contributed by atoms with E-state index in [0.717, 1.165) is 5.89 Å². The number of nitrogens with zero attached hydrogens (tertiary/aromatic N) is 4. The van der Waals surface area contributed by atoms with E-state index in [1.165, 1.54) is 0 Å². The fourth-order valence-electron chi connectivity index (χ4n) is 1.01. The van der Waals surface area contributed by atoms with Crippen LogP contribution in [-0.2, 0) is 0 Å². The van der Waals surface area contributed by atoms with Crippen molar-refractivity contribution >= 4 is 0 Å². The zero-order chi connectivity index (χ0) is 12.0. The summed E-state index contributed by atoms with van der Waals surface area (Å²) in [7, 11) is 0. The SMILES string of the molecule is CC(C)c1ncco1.CC(C)n1nccn1. The Bertz CT molecular complexity index is 326. The highest BCUT2D eigenvalue weighted by atomic mass is 16.3. The molecule has 2 aromatic rings. The van der Waals surface area contributed by atoms with Crippen LogP contribution < -0.4 is 0 Å². The van der Waals surface area contributed by atoms with Crippen LogP contribution in [0.25, 0.3) is 0 Å². The minimum atomic E-state index is 0.380. The number of hydrogen-bond donors (Lipinski definition) is 0. The molecular weight excluding hydrogens is 204 g/mol. The van der Waals surface area contributed by atoms with Gasteiger partial charge in [-0.25, -0.2) is 4.98 Å². The van der Waals surface area contributed by atoms with Crippen LogP contribution in [0.1, 0.15) is 45.5 Å². The van der Waals surface area contributed by atoms with Gasteiger partial charge in [-0.1, -0.05) is 13.8 Å². The largest absolute Gasteiger partial charge is 0.449 e. The maximum Gasteiger partial charge on any atom is 0.196 e. The standard InChI is InChI=1S/C6H9NO.C5H9N3/c1-5(2)6-7-3-4-8-6;1-5(2)8-6-3-4-7-8/h2*3-5H,1-2H3. The molecule has 5 heteroatoms. The van der Waals surface area contributed by atoms with E-state index in [2.05, 4.69) is 15.2 Å². The Morgan fingerprint density at radius 1 is 1.06 bits per heavy atom. The lowest BCUT2D eigenvalue weighted by Crippen LogP contribution is -2.03. The summed E-state index contributed by atoms with van der Waals surface area (Å²) in [6.07, 6.45) is 6.62. The molecular formula is C11H18N4O. The Labute approximate surface area is 95.5 Å². The molecule has 0 saturated heterocycles. The van der Waals surface area contributed by atoms with E-state index in [-0.39, 0.29) is 0 Å². The van der Waals surface area contributed by atoms with Gasteiger partial charge >= 0.3 is 0 Å². The van der Waals surface area contributed by atoms with Crippen LogP contribution in [0.5, 0.6) is 0 Å². The second-order valence-electron chi connectivity index (χ2n) is 3.97. The van der Waals surface area contributed by atoms with Crippen molar-refractivity contribution in [3.8, 4) is 0 Å². The number of aromatic nitrogens is 4. The van der Waals surface area contributed by atoms with Gasteiger partial charge in [-0.3, -0.25) is 0 Å². The highest BCUT2D eigenvalue weighted by molar-refractivity contribution is 4.85. The van der Waals surface area contributed by atoms with E-state index < -0.39 is 0 Å². The van der Waals surface area contributed by atoms with Crippen molar-refractivity contribution in [1.29, 1.82) is 0 Å². The van der Waals surface area contributed by atoms with Gasteiger partial charge in [0.1, 0.15) is 6.26 Å². The third-order valence-electron chi connectivity index (χ3n) is 1.84. The Morgan fingerprint density at radius 3 is 1.94 bits per heavy atom. The van der Waals surface area contributed by atoms with Gasteiger partial charge in [-0.2, -0.15) is 15.0 Å². The van der Waals surface area contributed by atoms with E-state index in [4.69, 9.17) is 4.42 Å². The van der Waals surface area contributed by atoms with E-state index in [9.17, 15) is 0 Å². The van der Waals surface area contributed by atoms with E-state index in [1.807, 2.05) is 27.7 Å². The van der Waals surface area contributed by atoms with Crippen molar-refractivity contribution in [3.63, 3.8) is 0 Å².